The number of rotatable bonds is 8. The average molecular weight is 425 g/mol. The summed E-state index contributed by atoms with van der Waals surface area (Å²) in [5.41, 5.74) is 2.64. The molecular formula is C20H25ClN2O4S. The van der Waals surface area contributed by atoms with Crippen LogP contribution < -0.4 is 10.1 Å². The monoisotopic (exact) mass is 424 g/mol. The zero-order valence-corrected chi connectivity index (χ0v) is 18.0. The lowest BCUT2D eigenvalue weighted by Crippen LogP contribution is -2.35. The number of hydrogen-bond acceptors (Lipinski definition) is 4. The van der Waals surface area contributed by atoms with E-state index < -0.39 is 15.9 Å². The van der Waals surface area contributed by atoms with Gasteiger partial charge >= 0.3 is 0 Å². The van der Waals surface area contributed by atoms with Crippen molar-refractivity contribution < 1.29 is 17.9 Å². The van der Waals surface area contributed by atoms with Crippen LogP contribution in [0.15, 0.2) is 41.3 Å². The Morgan fingerprint density at radius 3 is 2.57 bits per heavy atom. The number of hydrogen-bond donors (Lipinski definition) is 1. The molecule has 6 nitrogen and oxygen atoms in total. The molecule has 0 saturated heterocycles. The largest absolute Gasteiger partial charge is 0.492 e. The molecule has 0 aromatic heterocycles. The zero-order valence-electron chi connectivity index (χ0n) is 16.5. The molecule has 0 aliphatic rings. The first-order chi connectivity index (χ1) is 13.2. The summed E-state index contributed by atoms with van der Waals surface area (Å²) in [5, 5.41) is 3.10. The first kappa shape index (κ1) is 22.2. The van der Waals surface area contributed by atoms with Gasteiger partial charge in [0.15, 0.2) is 0 Å². The molecular weight excluding hydrogens is 400 g/mol. The Kier molecular flexibility index (Phi) is 7.46. The van der Waals surface area contributed by atoms with E-state index in [4.69, 9.17) is 16.3 Å². The highest BCUT2D eigenvalue weighted by atomic mass is 35.5. The van der Waals surface area contributed by atoms with Crippen LogP contribution >= 0.6 is 11.6 Å². The molecule has 0 spiro atoms. The van der Waals surface area contributed by atoms with Gasteiger partial charge in [0.05, 0.1) is 13.2 Å². The molecule has 0 heterocycles. The topological polar surface area (TPSA) is 75.7 Å². The molecule has 152 valence electrons. The summed E-state index contributed by atoms with van der Waals surface area (Å²) in [7, 11) is -2.61. The number of benzene rings is 2. The highest BCUT2D eigenvalue weighted by Crippen LogP contribution is 2.29. The van der Waals surface area contributed by atoms with Crippen molar-refractivity contribution in [3.8, 4) is 5.75 Å². The first-order valence-electron chi connectivity index (χ1n) is 8.97. The Morgan fingerprint density at radius 2 is 1.93 bits per heavy atom. The van der Waals surface area contributed by atoms with E-state index in [0.29, 0.717) is 6.61 Å². The molecule has 0 aliphatic heterocycles. The first-order valence-corrected chi connectivity index (χ1v) is 10.8. The second kappa shape index (κ2) is 9.41. The molecule has 0 radical (unpaired) electrons. The lowest BCUT2D eigenvalue weighted by molar-refractivity contribution is -0.116. The molecule has 0 unspecified atom stereocenters. The van der Waals surface area contributed by atoms with E-state index in [9.17, 15) is 13.2 Å². The Labute approximate surface area is 171 Å². The van der Waals surface area contributed by atoms with Gasteiger partial charge < -0.3 is 10.1 Å². The number of carbonyl (C=O) groups is 1. The summed E-state index contributed by atoms with van der Waals surface area (Å²) in [5.74, 6) is -0.221. The number of halogens is 1. The summed E-state index contributed by atoms with van der Waals surface area (Å²) < 4.78 is 32.3. The summed E-state index contributed by atoms with van der Waals surface area (Å²) in [6, 6.07) is 10.1. The van der Waals surface area contributed by atoms with Gasteiger partial charge in [-0.25, -0.2) is 8.42 Å². The van der Waals surface area contributed by atoms with Gasteiger partial charge in [0, 0.05) is 17.8 Å². The van der Waals surface area contributed by atoms with Crippen LogP contribution in [0.2, 0.25) is 5.02 Å². The van der Waals surface area contributed by atoms with E-state index in [1.54, 1.807) is 13.0 Å². The average Bonchev–Trinajstić information content (AvgIpc) is 2.64. The van der Waals surface area contributed by atoms with Crippen molar-refractivity contribution in [2.75, 3.05) is 25.5 Å². The van der Waals surface area contributed by atoms with Crippen molar-refractivity contribution in [2.24, 2.45) is 0 Å². The fourth-order valence-corrected chi connectivity index (χ4v) is 4.31. The van der Waals surface area contributed by atoms with Gasteiger partial charge in [-0.3, -0.25) is 4.79 Å². The minimum Gasteiger partial charge on any atom is -0.492 e. The van der Waals surface area contributed by atoms with E-state index in [-0.39, 0.29) is 22.2 Å². The highest BCUT2D eigenvalue weighted by molar-refractivity contribution is 7.89. The molecule has 0 atom stereocenters. The van der Waals surface area contributed by atoms with E-state index in [2.05, 4.69) is 5.32 Å². The van der Waals surface area contributed by atoms with Crippen molar-refractivity contribution in [3.05, 3.63) is 52.5 Å². The maximum Gasteiger partial charge on any atom is 0.247 e. The van der Waals surface area contributed by atoms with Crippen molar-refractivity contribution >= 4 is 33.2 Å². The lowest BCUT2D eigenvalue weighted by atomic mass is 10.1. The number of para-hydroxylation sites is 1. The number of ether oxygens (including phenoxy) is 1. The quantitative estimate of drug-likeness (QED) is 0.697. The van der Waals surface area contributed by atoms with Gasteiger partial charge in [-0.1, -0.05) is 36.7 Å². The fourth-order valence-electron chi connectivity index (χ4n) is 2.79. The maximum atomic E-state index is 13.0. The Bertz CT molecular complexity index is 961. The van der Waals surface area contributed by atoms with E-state index in [0.717, 1.165) is 27.5 Å². The highest BCUT2D eigenvalue weighted by Gasteiger charge is 2.27. The molecule has 8 heteroatoms. The van der Waals surface area contributed by atoms with Crippen LogP contribution in [0.4, 0.5) is 5.69 Å². The van der Waals surface area contributed by atoms with Crippen LogP contribution in [0.25, 0.3) is 0 Å². The number of nitrogens with one attached hydrogen (secondary N) is 1. The van der Waals surface area contributed by atoms with Crippen LogP contribution in [0.1, 0.15) is 25.0 Å². The second-order valence-electron chi connectivity index (χ2n) is 6.30. The number of anilines is 1. The third-order valence-electron chi connectivity index (χ3n) is 4.26. The molecule has 28 heavy (non-hydrogen) atoms. The summed E-state index contributed by atoms with van der Waals surface area (Å²) in [6.07, 6.45) is 0.756. The van der Waals surface area contributed by atoms with Crippen LogP contribution in [0.5, 0.6) is 5.75 Å². The lowest BCUT2D eigenvalue weighted by Gasteiger charge is -2.20. The maximum absolute atomic E-state index is 13.0. The van der Waals surface area contributed by atoms with Crippen LogP contribution in [-0.2, 0) is 21.2 Å². The molecule has 1 N–H and O–H groups in total. The third-order valence-corrected chi connectivity index (χ3v) is 6.32. The SMILES string of the molecule is CCOc1ccc(Cl)cc1S(=O)(=O)N(C)CC(=O)Nc1c(C)cccc1CC. The Balaban J connectivity index is 2.24. The predicted molar refractivity (Wildman–Crippen MR) is 112 cm³/mol. The van der Waals surface area contributed by atoms with Gasteiger partial charge in [-0.2, -0.15) is 4.31 Å². The number of sulfonamides is 1. The summed E-state index contributed by atoms with van der Waals surface area (Å²) in [6.45, 7) is 5.62. The van der Waals surface area contributed by atoms with Crippen molar-refractivity contribution in [3.63, 3.8) is 0 Å². The number of aryl methyl sites for hydroxylation is 2. The van der Waals surface area contributed by atoms with Gasteiger partial charge in [0.2, 0.25) is 15.9 Å². The number of nitrogens with zero attached hydrogens (tertiary/aromatic N) is 1. The van der Waals surface area contributed by atoms with Gasteiger partial charge in [0.1, 0.15) is 10.6 Å². The smallest absolute Gasteiger partial charge is 0.247 e. The minimum absolute atomic E-state index is 0.0673. The molecule has 0 aliphatic carbocycles. The number of amides is 1. The standard InChI is InChI=1S/C20H25ClN2O4S/c1-5-15-9-7-8-14(3)20(15)22-19(24)13-23(4)28(25,26)18-12-16(21)10-11-17(18)27-6-2/h7-12H,5-6,13H2,1-4H3,(H,22,24). The summed E-state index contributed by atoms with van der Waals surface area (Å²) >= 11 is 5.97. The molecule has 2 aromatic carbocycles. The number of likely N-dealkylation sites (N-methyl/N-ethyl adjacent to an activating group) is 1. The molecule has 0 fully saturated rings. The molecule has 0 saturated carbocycles. The van der Waals surface area contributed by atoms with E-state index in [1.165, 1.54) is 19.2 Å². The molecule has 2 rings (SSSR count). The predicted octanol–water partition coefficient (Wildman–Crippen LogP) is 3.87. The third kappa shape index (κ3) is 5.04. The van der Waals surface area contributed by atoms with Crippen LogP contribution in [0, 0.1) is 6.92 Å². The molecule has 2 aromatic rings. The minimum atomic E-state index is -3.96. The summed E-state index contributed by atoms with van der Waals surface area (Å²) in [4.78, 5) is 12.5. The van der Waals surface area contributed by atoms with E-state index >= 15 is 0 Å². The molecule has 1 amide bonds. The normalized spacial score (nSPS) is 11.5. The van der Waals surface area contributed by atoms with Crippen molar-refractivity contribution in [2.45, 2.75) is 32.1 Å². The number of carbonyl (C=O) groups excluding carboxylic acids is 1. The van der Waals surface area contributed by atoms with E-state index in [1.807, 2.05) is 32.0 Å². The van der Waals surface area contributed by atoms with Crippen molar-refractivity contribution in [1.29, 1.82) is 0 Å². The van der Waals surface area contributed by atoms with Gasteiger partial charge in [-0.15, -0.1) is 0 Å². The Morgan fingerprint density at radius 1 is 1.21 bits per heavy atom. The van der Waals surface area contributed by atoms with Crippen LogP contribution in [-0.4, -0.2) is 38.8 Å². The van der Waals surface area contributed by atoms with Crippen molar-refractivity contribution in [1.82, 2.24) is 4.31 Å². The fraction of sp³-hybridized carbons (Fsp3) is 0.350. The molecule has 0 bridgehead atoms. The zero-order chi connectivity index (χ0) is 20.9. The van der Waals surface area contributed by atoms with Gasteiger partial charge in [0.25, 0.3) is 0 Å². The van der Waals surface area contributed by atoms with Gasteiger partial charge in [-0.05, 0) is 49.6 Å². The Hall–Kier alpha value is -2.09. The van der Waals surface area contributed by atoms with Crippen LogP contribution in [0.3, 0.4) is 0 Å². The second-order valence-corrected chi connectivity index (χ2v) is 8.75.